The molecule has 0 spiro atoms. The van der Waals surface area contributed by atoms with E-state index in [1.54, 1.807) is 0 Å². The van der Waals surface area contributed by atoms with E-state index in [1.165, 1.54) is 5.56 Å². The lowest BCUT2D eigenvalue weighted by atomic mass is 9.96. The van der Waals surface area contributed by atoms with Gasteiger partial charge in [-0.15, -0.1) is 0 Å². The lowest BCUT2D eigenvalue weighted by Gasteiger charge is -2.22. The maximum atomic E-state index is 11.3. The SMILES string of the molecule is Cc1cccc(OC2CCCC(=O)C2)c1. The van der Waals surface area contributed by atoms with Gasteiger partial charge in [0.15, 0.2) is 0 Å². The van der Waals surface area contributed by atoms with E-state index in [0.29, 0.717) is 12.2 Å². The first kappa shape index (κ1) is 10.2. The highest BCUT2D eigenvalue weighted by atomic mass is 16.5. The number of hydrogen-bond donors (Lipinski definition) is 0. The van der Waals surface area contributed by atoms with Gasteiger partial charge in [0, 0.05) is 12.8 Å². The second-order valence-corrected chi connectivity index (χ2v) is 4.19. The minimum Gasteiger partial charge on any atom is -0.490 e. The van der Waals surface area contributed by atoms with E-state index >= 15 is 0 Å². The molecule has 2 heteroatoms. The Balaban J connectivity index is 1.99. The van der Waals surface area contributed by atoms with E-state index in [0.717, 1.165) is 25.0 Å². The largest absolute Gasteiger partial charge is 0.490 e. The van der Waals surface area contributed by atoms with Gasteiger partial charge >= 0.3 is 0 Å². The number of carbonyl (C=O) groups excluding carboxylic acids is 1. The first-order valence-electron chi connectivity index (χ1n) is 5.49. The van der Waals surface area contributed by atoms with Crippen molar-refractivity contribution in [3.8, 4) is 5.75 Å². The highest BCUT2D eigenvalue weighted by Gasteiger charge is 2.20. The summed E-state index contributed by atoms with van der Waals surface area (Å²) in [5, 5.41) is 0. The molecular weight excluding hydrogens is 188 g/mol. The van der Waals surface area contributed by atoms with Crippen molar-refractivity contribution >= 4 is 5.78 Å². The summed E-state index contributed by atoms with van der Waals surface area (Å²) in [6, 6.07) is 7.99. The molecule has 0 bridgehead atoms. The highest BCUT2D eigenvalue weighted by molar-refractivity contribution is 5.79. The third-order valence-corrected chi connectivity index (χ3v) is 2.73. The zero-order valence-corrected chi connectivity index (χ0v) is 9.03. The third-order valence-electron chi connectivity index (χ3n) is 2.73. The summed E-state index contributed by atoms with van der Waals surface area (Å²) in [6.07, 6.45) is 3.37. The third kappa shape index (κ3) is 2.82. The lowest BCUT2D eigenvalue weighted by Crippen LogP contribution is -2.25. The van der Waals surface area contributed by atoms with Gasteiger partial charge in [0.2, 0.25) is 0 Å². The Morgan fingerprint density at radius 3 is 3.00 bits per heavy atom. The zero-order chi connectivity index (χ0) is 10.7. The van der Waals surface area contributed by atoms with Gasteiger partial charge < -0.3 is 4.74 Å². The summed E-state index contributed by atoms with van der Waals surface area (Å²) in [5.41, 5.74) is 1.19. The summed E-state index contributed by atoms with van der Waals surface area (Å²) >= 11 is 0. The molecule has 1 aromatic carbocycles. The second kappa shape index (κ2) is 4.47. The Morgan fingerprint density at radius 2 is 2.27 bits per heavy atom. The summed E-state index contributed by atoms with van der Waals surface area (Å²) < 4.78 is 5.79. The topological polar surface area (TPSA) is 26.3 Å². The Hall–Kier alpha value is -1.31. The van der Waals surface area contributed by atoms with Crippen LogP contribution in [0.1, 0.15) is 31.2 Å². The van der Waals surface area contributed by atoms with Gasteiger partial charge in [0.1, 0.15) is 17.6 Å². The molecule has 2 rings (SSSR count). The van der Waals surface area contributed by atoms with Crippen LogP contribution in [0.5, 0.6) is 5.75 Å². The van der Waals surface area contributed by atoms with Crippen LogP contribution in [0.2, 0.25) is 0 Å². The zero-order valence-electron chi connectivity index (χ0n) is 9.03. The number of Topliss-reactive ketones (excluding diaryl/α,β-unsaturated/α-hetero) is 1. The van der Waals surface area contributed by atoms with Gasteiger partial charge in [-0.25, -0.2) is 0 Å². The van der Waals surface area contributed by atoms with Crippen LogP contribution >= 0.6 is 0 Å². The molecule has 1 aliphatic rings. The quantitative estimate of drug-likeness (QED) is 0.740. The molecule has 2 nitrogen and oxygen atoms in total. The van der Waals surface area contributed by atoms with Crippen molar-refractivity contribution in [1.82, 2.24) is 0 Å². The average Bonchev–Trinajstić information content (AvgIpc) is 2.17. The molecule has 0 amide bonds. The predicted octanol–water partition coefficient (Wildman–Crippen LogP) is 2.89. The molecule has 1 unspecified atom stereocenters. The maximum absolute atomic E-state index is 11.3. The highest BCUT2D eigenvalue weighted by Crippen LogP contribution is 2.22. The van der Waals surface area contributed by atoms with Gasteiger partial charge in [0.05, 0.1) is 0 Å². The van der Waals surface area contributed by atoms with Crippen molar-refractivity contribution in [1.29, 1.82) is 0 Å². The van der Waals surface area contributed by atoms with Crippen LogP contribution in [0.15, 0.2) is 24.3 Å². The van der Waals surface area contributed by atoms with E-state index in [2.05, 4.69) is 0 Å². The molecule has 1 saturated carbocycles. The summed E-state index contributed by atoms with van der Waals surface area (Å²) in [7, 11) is 0. The smallest absolute Gasteiger partial charge is 0.136 e. The van der Waals surface area contributed by atoms with Crippen molar-refractivity contribution in [3.05, 3.63) is 29.8 Å². The molecule has 0 radical (unpaired) electrons. The Kier molecular flexibility index (Phi) is 3.05. The summed E-state index contributed by atoms with van der Waals surface area (Å²) in [5.74, 6) is 1.22. The van der Waals surface area contributed by atoms with Crippen LogP contribution in [0, 0.1) is 6.92 Å². The number of ether oxygens (including phenoxy) is 1. The minimum atomic E-state index is 0.0908. The normalized spacial score (nSPS) is 21.4. The van der Waals surface area contributed by atoms with Gasteiger partial charge in [-0.2, -0.15) is 0 Å². The van der Waals surface area contributed by atoms with E-state index in [-0.39, 0.29) is 6.10 Å². The second-order valence-electron chi connectivity index (χ2n) is 4.19. The average molecular weight is 204 g/mol. The maximum Gasteiger partial charge on any atom is 0.136 e. The number of carbonyl (C=O) groups is 1. The van der Waals surface area contributed by atoms with Crippen LogP contribution in [-0.2, 0) is 4.79 Å². The molecular formula is C13H16O2. The number of ketones is 1. The lowest BCUT2D eigenvalue weighted by molar-refractivity contribution is -0.122. The number of benzene rings is 1. The van der Waals surface area contributed by atoms with Crippen molar-refractivity contribution < 1.29 is 9.53 Å². The van der Waals surface area contributed by atoms with Crippen LogP contribution < -0.4 is 4.74 Å². The summed E-state index contributed by atoms with van der Waals surface area (Å²) in [6.45, 7) is 2.04. The van der Waals surface area contributed by atoms with Crippen LogP contribution in [0.25, 0.3) is 0 Å². The number of rotatable bonds is 2. The van der Waals surface area contributed by atoms with E-state index in [9.17, 15) is 4.79 Å². The minimum absolute atomic E-state index is 0.0908. The molecule has 0 heterocycles. The first-order chi connectivity index (χ1) is 7.24. The van der Waals surface area contributed by atoms with Crippen LogP contribution in [-0.4, -0.2) is 11.9 Å². The standard InChI is InChI=1S/C13H16O2/c1-10-4-2-6-12(8-10)15-13-7-3-5-11(14)9-13/h2,4,6,8,13H,3,5,7,9H2,1H3. The molecule has 1 aromatic rings. The first-order valence-corrected chi connectivity index (χ1v) is 5.49. The van der Waals surface area contributed by atoms with Crippen LogP contribution in [0.3, 0.4) is 0 Å². The summed E-state index contributed by atoms with van der Waals surface area (Å²) in [4.78, 5) is 11.3. The van der Waals surface area contributed by atoms with E-state index in [1.807, 2.05) is 31.2 Å². The molecule has 0 N–H and O–H groups in total. The van der Waals surface area contributed by atoms with Crippen molar-refractivity contribution in [2.75, 3.05) is 0 Å². The molecule has 15 heavy (non-hydrogen) atoms. The fourth-order valence-electron chi connectivity index (χ4n) is 1.97. The Morgan fingerprint density at radius 1 is 1.40 bits per heavy atom. The van der Waals surface area contributed by atoms with Crippen LogP contribution in [0.4, 0.5) is 0 Å². The molecule has 80 valence electrons. The number of hydrogen-bond acceptors (Lipinski definition) is 2. The predicted molar refractivity (Wildman–Crippen MR) is 59.1 cm³/mol. The molecule has 1 aliphatic carbocycles. The van der Waals surface area contributed by atoms with Gasteiger partial charge in [0.25, 0.3) is 0 Å². The van der Waals surface area contributed by atoms with E-state index in [4.69, 9.17) is 4.74 Å². The number of aryl methyl sites for hydroxylation is 1. The van der Waals surface area contributed by atoms with Gasteiger partial charge in [-0.1, -0.05) is 12.1 Å². The van der Waals surface area contributed by atoms with Gasteiger partial charge in [-0.3, -0.25) is 4.79 Å². The van der Waals surface area contributed by atoms with E-state index < -0.39 is 0 Å². The molecule has 0 aromatic heterocycles. The monoisotopic (exact) mass is 204 g/mol. The Bertz CT molecular complexity index is 357. The van der Waals surface area contributed by atoms with Crippen molar-refractivity contribution in [2.45, 2.75) is 38.7 Å². The van der Waals surface area contributed by atoms with Crippen molar-refractivity contribution in [2.24, 2.45) is 0 Å². The molecule has 1 atom stereocenters. The fraction of sp³-hybridized carbons (Fsp3) is 0.462. The molecule has 0 aliphatic heterocycles. The van der Waals surface area contributed by atoms with Crippen molar-refractivity contribution in [3.63, 3.8) is 0 Å². The Labute approximate surface area is 90.3 Å². The molecule has 1 fully saturated rings. The van der Waals surface area contributed by atoms with Gasteiger partial charge in [-0.05, 0) is 37.5 Å². The molecule has 0 saturated heterocycles. The fourth-order valence-corrected chi connectivity index (χ4v) is 1.97.